The van der Waals surface area contributed by atoms with Crippen LogP contribution >= 0.6 is 11.6 Å². The van der Waals surface area contributed by atoms with Gasteiger partial charge in [0.15, 0.2) is 0 Å². The van der Waals surface area contributed by atoms with Crippen LogP contribution in [0.15, 0.2) is 60.8 Å². The van der Waals surface area contributed by atoms with Crippen LogP contribution in [0.25, 0.3) is 22.2 Å². The number of H-pyrrole nitrogens is 1. The summed E-state index contributed by atoms with van der Waals surface area (Å²) in [6.07, 6.45) is 1.83. The zero-order chi connectivity index (χ0) is 20.4. The first kappa shape index (κ1) is 19.0. The van der Waals surface area contributed by atoms with Crippen LogP contribution in [0, 0.1) is 11.8 Å². The van der Waals surface area contributed by atoms with E-state index < -0.39 is 0 Å². The Morgan fingerprint density at radius 1 is 0.966 bits per heavy atom. The number of halogens is 1. The highest BCUT2D eigenvalue weighted by molar-refractivity contribution is 6.30. The molecule has 0 aliphatic rings. The smallest absolute Gasteiger partial charge is 0.203 e. The molecule has 4 rings (SSSR count). The number of pyridine rings is 1. The fourth-order valence-electron chi connectivity index (χ4n) is 2.90. The van der Waals surface area contributed by atoms with Crippen molar-refractivity contribution in [3.05, 3.63) is 77.1 Å². The maximum atomic E-state index is 5.95. The zero-order valence-electron chi connectivity index (χ0n) is 16.6. The van der Waals surface area contributed by atoms with Gasteiger partial charge in [-0.2, -0.15) is 0 Å². The summed E-state index contributed by atoms with van der Waals surface area (Å²) in [7, 11) is 2.03. The summed E-state index contributed by atoms with van der Waals surface area (Å²) in [5, 5.41) is 0.723. The molecule has 0 fully saturated rings. The number of benzene rings is 2. The Bertz CT molecular complexity index is 1200. The Morgan fingerprint density at radius 3 is 2.41 bits per heavy atom. The Balaban J connectivity index is 1.55. The van der Waals surface area contributed by atoms with Crippen LogP contribution < -0.4 is 4.90 Å². The average Bonchev–Trinajstić information content (AvgIpc) is 3.16. The minimum atomic E-state index is 0.372. The van der Waals surface area contributed by atoms with Gasteiger partial charge in [-0.1, -0.05) is 35.7 Å². The van der Waals surface area contributed by atoms with Crippen molar-refractivity contribution in [1.29, 1.82) is 0 Å². The van der Waals surface area contributed by atoms with Crippen LogP contribution in [-0.2, 0) is 0 Å². The van der Waals surface area contributed by atoms with Gasteiger partial charge >= 0.3 is 0 Å². The van der Waals surface area contributed by atoms with E-state index in [0.29, 0.717) is 6.04 Å². The van der Waals surface area contributed by atoms with Gasteiger partial charge in [0.05, 0.1) is 11.0 Å². The molecule has 2 aromatic carbocycles. The minimum Gasteiger partial charge on any atom is -0.343 e. The second-order valence-corrected chi connectivity index (χ2v) is 7.62. The van der Waals surface area contributed by atoms with Gasteiger partial charge in [0.1, 0.15) is 5.69 Å². The number of rotatable bonds is 3. The highest BCUT2D eigenvalue weighted by atomic mass is 35.5. The summed E-state index contributed by atoms with van der Waals surface area (Å²) in [5.74, 6) is 7.17. The van der Waals surface area contributed by atoms with Crippen LogP contribution in [0.1, 0.15) is 25.1 Å². The van der Waals surface area contributed by atoms with Crippen molar-refractivity contribution in [2.24, 2.45) is 0 Å². The van der Waals surface area contributed by atoms with Gasteiger partial charge in [-0.15, -0.1) is 0 Å². The van der Waals surface area contributed by atoms with Crippen LogP contribution in [0.3, 0.4) is 0 Å². The maximum absolute atomic E-state index is 5.95. The van der Waals surface area contributed by atoms with E-state index in [-0.39, 0.29) is 0 Å². The van der Waals surface area contributed by atoms with Crippen LogP contribution in [0.4, 0.5) is 5.95 Å². The Hall–Kier alpha value is -3.29. The van der Waals surface area contributed by atoms with Crippen molar-refractivity contribution >= 4 is 28.6 Å². The predicted octanol–water partition coefficient (Wildman–Crippen LogP) is 5.52. The lowest BCUT2D eigenvalue weighted by molar-refractivity contribution is 0.736. The number of aromatic nitrogens is 3. The molecule has 0 saturated carbocycles. The molecule has 0 saturated heterocycles. The molecule has 0 spiro atoms. The largest absolute Gasteiger partial charge is 0.343 e. The number of anilines is 1. The van der Waals surface area contributed by atoms with Gasteiger partial charge in [0.2, 0.25) is 5.95 Å². The third-order valence-corrected chi connectivity index (χ3v) is 5.11. The van der Waals surface area contributed by atoms with Crippen LogP contribution in [0.2, 0.25) is 5.02 Å². The lowest BCUT2D eigenvalue weighted by Crippen LogP contribution is -2.26. The first-order valence-corrected chi connectivity index (χ1v) is 9.84. The molecule has 0 atom stereocenters. The van der Waals surface area contributed by atoms with Crippen molar-refractivity contribution in [2.75, 3.05) is 11.9 Å². The molecule has 0 amide bonds. The lowest BCUT2D eigenvalue weighted by Gasteiger charge is -2.19. The van der Waals surface area contributed by atoms with E-state index in [1.54, 1.807) is 0 Å². The number of fused-ring (bicyclic) bond motifs is 1. The second kappa shape index (κ2) is 7.98. The molecule has 2 aromatic heterocycles. The first-order valence-electron chi connectivity index (χ1n) is 9.46. The summed E-state index contributed by atoms with van der Waals surface area (Å²) in [6, 6.07) is 18.0. The standard InChI is InChI=1S/C24H21ClN4/c1-16(2)29(3)24-27-22-13-5-17(14-23(22)28-24)4-11-21-12-8-19(15-26-21)18-6-9-20(25)10-7-18/h5-10,12-16H,1-3H3,(H,27,28). The van der Waals surface area contributed by atoms with Crippen molar-refractivity contribution < 1.29 is 0 Å². The second-order valence-electron chi connectivity index (χ2n) is 7.19. The molecule has 144 valence electrons. The third kappa shape index (κ3) is 4.26. The highest BCUT2D eigenvalue weighted by Gasteiger charge is 2.10. The molecular weight excluding hydrogens is 380 g/mol. The third-order valence-electron chi connectivity index (χ3n) is 4.86. The van der Waals surface area contributed by atoms with E-state index in [1.165, 1.54) is 0 Å². The number of hydrogen-bond donors (Lipinski definition) is 1. The van der Waals surface area contributed by atoms with E-state index in [4.69, 9.17) is 11.6 Å². The van der Waals surface area contributed by atoms with E-state index in [9.17, 15) is 0 Å². The van der Waals surface area contributed by atoms with Gasteiger partial charge in [-0.05, 0) is 61.7 Å². The van der Waals surface area contributed by atoms with E-state index in [2.05, 4.69) is 45.5 Å². The van der Waals surface area contributed by atoms with Crippen molar-refractivity contribution in [3.8, 4) is 23.0 Å². The summed E-state index contributed by atoms with van der Waals surface area (Å²) in [5.41, 5.74) is 5.66. The number of hydrogen-bond acceptors (Lipinski definition) is 3. The Kier molecular flexibility index (Phi) is 5.24. The molecule has 1 N–H and O–H groups in total. The maximum Gasteiger partial charge on any atom is 0.203 e. The first-order chi connectivity index (χ1) is 14.0. The average molecular weight is 401 g/mol. The topological polar surface area (TPSA) is 44.8 Å². The quantitative estimate of drug-likeness (QED) is 0.460. The molecule has 4 aromatic rings. The fourth-order valence-corrected chi connectivity index (χ4v) is 3.02. The minimum absolute atomic E-state index is 0.372. The van der Waals surface area contributed by atoms with E-state index in [0.717, 1.165) is 44.4 Å². The molecule has 0 aliphatic heterocycles. The van der Waals surface area contributed by atoms with Crippen molar-refractivity contribution in [3.63, 3.8) is 0 Å². The molecule has 0 radical (unpaired) electrons. The van der Waals surface area contributed by atoms with Gasteiger partial charge < -0.3 is 9.88 Å². The number of aromatic amines is 1. The van der Waals surface area contributed by atoms with Crippen LogP contribution in [-0.4, -0.2) is 28.0 Å². The molecule has 4 nitrogen and oxygen atoms in total. The van der Waals surface area contributed by atoms with Crippen molar-refractivity contribution in [2.45, 2.75) is 19.9 Å². The molecule has 0 unspecified atom stereocenters. The predicted molar refractivity (Wildman–Crippen MR) is 120 cm³/mol. The fraction of sp³-hybridized carbons (Fsp3) is 0.167. The molecular formula is C24H21ClN4. The Labute approximate surface area is 175 Å². The molecule has 0 aliphatic carbocycles. The van der Waals surface area contributed by atoms with E-state index >= 15 is 0 Å². The van der Waals surface area contributed by atoms with Gasteiger partial charge in [-0.25, -0.2) is 9.97 Å². The number of imidazole rings is 1. The molecule has 29 heavy (non-hydrogen) atoms. The highest BCUT2D eigenvalue weighted by Crippen LogP contribution is 2.21. The SMILES string of the molecule is CC(C)N(C)c1nc2cc(C#Cc3ccc(-c4ccc(Cl)cc4)cn3)ccc2[nH]1. The van der Waals surface area contributed by atoms with Crippen LogP contribution in [0.5, 0.6) is 0 Å². The lowest BCUT2D eigenvalue weighted by atomic mass is 10.1. The summed E-state index contributed by atoms with van der Waals surface area (Å²) in [4.78, 5) is 14.6. The zero-order valence-corrected chi connectivity index (χ0v) is 17.3. The Morgan fingerprint density at radius 2 is 1.72 bits per heavy atom. The van der Waals surface area contributed by atoms with Gasteiger partial charge in [-0.3, -0.25) is 0 Å². The van der Waals surface area contributed by atoms with Gasteiger partial charge in [0, 0.05) is 35.4 Å². The molecule has 0 bridgehead atoms. The van der Waals surface area contributed by atoms with Crippen molar-refractivity contribution in [1.82, 2.24) is 15.0 Å². The summed E-state index contributed by atoms with van der Waals surface area (Å²) in [6.45, 7) is 4.27. The number of nitrogens with zero attached hydrogens (tertiary/aromatic N) is 3. The molecule has 5 heteroatoms. The molecule has 2 heterocycles. The summed E-state index contributed by atoms with van der Waals surface area (Å²) >= 11 is 5.95. The number of nitrogens with one attached hydrogen (secondary N) is 1. The van der Waals surface area contributed by atoms with Gasteiger partial charge in [0.25, 0.3) is 0 Å². The van der Waals surface area contributed by atoms with E-state index in [1.807, 2.05) is 67.8 Å². The monoisotopic (exact) mass is 400 g/mol. The normalized spacial score (nSPS) is 10.8. The summed E-state index contributed by atoms with van der Waals surface area (Å²) < 4.78 is 0.